The average molecular weight is 557 g/mol. The van der Waals surface area contributed by atoms with Crippen molar-refractivity contribution in [3.63, 3.8) is 0 Å². The summed E-state index contributed by atoms with van der Waals surface area (Å²) in [5.74, 6) is 5.71. The van der Waals surface area contributed by atoms with Crippen molar-refractivity contribution < 1.29 is 23.3 Å². The van der Waals surface area contributed by atoms with Gasteiger partial charge in [-0.25, -0.2) is 4.98 Å². The SMILES string of the molecule is Cc1ccc(NC(=O)c2ccc(Cl)c(C(F)(F)F)c2)cc1C#CC(=N)c1c(N)ncnc1[NH2+][C@@H]1CCN(C)C1. The van der Waals surface area contributed by atoms with Crippen LogP contribution in [0.4, 0.5) is 30.5 Å². The maximum atomic E-state index is 13.2. The average Bonchev–Trinajstić information content (AvgIpc) is 3.28. The van der Waals surface area contributed by atoms with Gasteiger partial charge in [0.25, 0.3) is 5.91 Å². The highest BCUT2D eigenvalue weighted by Gasteiger charge is 2.34. The van der Waals surface area contributed by atoms with Gasteiger partial charge in [0, 0.05) is 29.8 Å². The number of anilines is 2. The van der Waals surface area contributed by atoms with Crippen molar-refractivity contribution in [1.29, 1.82) is 5.41 Å². The minimum atomic E-state index is -4.69. The Morgan fingerprint density at radius 3 is 2.72 bits per heavy atom. The van der Waals surface area contributed by atoms with Crippen LogP contribution in [0.1, 0.15) is 39.0 Å². The summed E-state index contributed by atoms with van der Waals surface area (Å²) in [4.78, 5) is 23.2. The fourth-order valence-corrected chi connectivity index (χ4v) is 4.46. The number of carbonyl (C=O) groups is 1. The molecule has 12 heteroatoms. The first kappa shape index (κ1) is 28.0. The van der Waals surface area contributed by atoms with E-state index in [0.717, 1.165) is 31.1 Å². The lowest BCUT2D eigenvalue weighted by molar-refractivity contribution is -0.610. The van der Waals surface area contributed by atoms with Crippen molar-refractivity contribution in [2.75, 3.05) is 31.2 Å². The molecule has 202 valence electrons. The number of aryl methyl sites for hydroxylation is 1. The summed E-state index contributed by atoms with van der Waals surface area (Å²) in [6.45, 7) is 3.67. The number of nitrogens with zero attached hydrogens (tertiary/aromatic N) is 3. The van der Waals surface area contributed by atoms with Crippen LogP contribution in [0.5, 0.6) is 0 Å². The van der Waals surface area contributed by atoms with Crippen LogP contribution in [-0.4, -0.2) is 52.7 Å². The van der Waals surface area contributed by atoms with Gasteiger partial charge in [-0.15, -0.1) is 0 Å². The zero-order valence-electron chi connectivity index (χ0n) is 21.2. The highest BCUT2D eigenvalue weighted by molar-refractivity contribution is 6.31. The molecule has 8 nitrogen and oxygen atoms in total. The molecule has 6 N–H and O–H groups in total. The smallest absolute Gasteiger partial charge is 0.383 e. The maximum Gasteiger partial charge on any atom is 0.417 e. The second-order valence-corrected chi connectivity index (χ2v) is 9.71. The van der Waals surface area contributed by atoms with Crippen molar-refractivity contribution >= 4 is 40.5 Å². The molecule has 3 aromatic rings. The van der Waals surface area contributed by atoms with Crippen molar-refractivity contribution in [3.05, 3.63) is 75.6 Å². The predicted octanol–water partition coefficient (Wildman–Crippen LogP) is 3.61. The molecule has 2 heterocycles. The summed E-state index contributed by atoms with van der Waals surface area (Å²) >= 11 is 5.65. The first-order chi connectivity index (χ1) is 18.4. The Labute approximate surface area is 228 Å². The Kier molecular flexibility index (Phi) is 8.20. The third kappa shape index (κ3) is 6.72. The van der Waals surface area contributed by atoms with Crippen molar-refractivity contribution in [2.45, 2.75) is 25.6 Å². The second-order valence-electron chi connectivity index (χ2n) is 9.30. The van der Waals surface area contributed by atoms with Crippen LogP contribution in [0.15, 0.2) is 42.7 Å². The van der Waals surface area contributed by atoms with Gasteiger partial charge in [-0.1, -0.05) is 23.6 Å². The number of alkyl halides is 3. The quantitative estimate of drug-likeness (QED) is 0.282. The van der Waals surface area contributed by atoms with E-state index in [1.165, 1.54) is 12.4 Å². The van der Waals surface area contributed by atoms with Gasteiger partial charge in [0.05, 0.1) is 17.1 Å². The van der Waals surface area contributed by atoms with Gasteiger partial charge in [0.15, 0.2) is 0 Å². The van der Waals surface area contributed by atoms with E-state index in [9.17, 15) is 18.0 Å². The van der Waals surface area contributed by atoms with Crippen LogP contribution >= 0.6 is 11.6 Å². The summed E-state index contributed by atoms with van der Waals surface area (Å²) in [5.41, 5.74) is 6.71. The van der Waals surface area contributed by atoms with E-state index >= 15 is 0 Å². The number of nitrogens with one attached hydrogen (secondary N) is 2. The van der Waals surface area contributed by atoms with E-state index in [0.29, 0.717) is 28.7 Å². The summed E-state index contributed by atoms with van der Waals surface area (Å²) in [6, 6.07) is 8.14. The van der Waals surface area contributed by atoms with Crippen LogP contribution in [-0.2, 0) is 6.18 Å². The molecule has 1 aliphatic rings. The molecule has 0 bridgehead atoms. The first-order valence-corrected chi connectivity index (χ1v) is 12.3. The van der Waals surface area contributed by atoms with Gasteiger partial charge in [-0.05, 0) is 55.8 Å². The molecule has 1 aromatic heterocycles. The fraction of sp³-hybridized carbons (Fsp3) is 0.259. The summed E-state index contributed by atoms with van der Waals surface area (Å²) in [5, 5.41) is 12.7. The Morgan fingerprint density at radius 2 is 2.03 bits per heavy atom. The number of likely N-dealkylation sites (N-methyl/N-ethyl adjacent to an activating group) is 1. The Balaban J connectivity index is 1.55. The van der Waals surface area contributed by atoms with E-state index in [4.69, 9.17) is 22.7 Å². The number of aromatic nitrogens is 2. The number of quaternary nitrogens is 1. The molecule has 0 saturated carbocycles. The number of amides is 1. The summed E-state index contributed by atoms with van der Waals surface area (Å²) < 4.78 is 39.6. The van der Waals surface area contributed by atoms with Crippen LogP contribution in [0.2, 0.25) is 5.02 Å². The maximum absolute atomic E-state index is 13.2. The predicted molar refractivity (Wildman–Crippen MR) is 143 cm³/mol. The fourth-order valence-electron chi connectivity index (χ4n) is 4.24. The number of hydrogen-bond acceptors (Lipinski definition) is 6. The zero-order chi connectivity index (χ0) is 28.3. The molecule has 0 unspecified atom stereocenters. The largest absolute Gasteiger partial charge is 0.417 e. The van der Waals surface area contributed by atoms with E-state index < -0.39 is 22.7 Å². The summed E-state index contributed by atoms with van der Waals surface area (Å²) in [7, 11) is 2.05. The molecular formula is C27H26ClF3N7O+. The van der Waals surface area contributed by atoms with Crippen molar-refractivity contribution in [2.24, 2.45) is 0 Å². The number of carbonyl (C=O) groups excluding carboxylic acids is 1. The van der Waals surface area contributed by atoms with Crippen LogP contribution in [0.25, 0.3) is 0 Å². The first-order valence-electron chi connectivity index (χ1n) is 12.0. The molecule has 1 atom stereocenters. The number of nitrogens with two attached hydrogens (primary N) is 2. The molecule has 0 spiro atoms. The number of rotatable bonds is 5. The third-order valence-corrected chi connectivity index (χ3v) is 6.66. The number of hydrogen-bond donors (Lipinski definition) is 4. The molecule has 0 radical (unpaired) electrons. The van der Waals surface area contributed by atoms with Crippen LogP contribution in [0, 0.1) is 24.2 Å². The van der Waals surface area contributed by atoms with Gasteiger partial charge < -0.3 is 16.0 Å². The van der Waals surface area contributed by atoms with Gasteiger partial charge in [0.2, 0.25) is 5.82 Å². The minimum absolute atomic E-state index is 0.0552. The zero-order valence-corrected chi connectivity index (χ0v) is 21.9. The molecule has 39 heavy (non-hydrogen) atoms. The molecule has 1 amide bonds. The molecule has 2 aromatic carbocycles. The lowest BCUT2D eigenvalue weighted by Gasteiger charge is -2.12. The summed E-state index contributed by atoms with van der Waals surface area (Å²) in [6.07, 6.45) is -2.36. The number of likely N-dealkylation sites (tertiary alicyclic amines) is 1. The molecular weight excluding hydrogens is 531 g/mol. The van der Waals surface area contributed by atoms with E-state index in [1.807, 2.05) is 19.3 Å². The lowest BCUT2D eigenvalue weighted by Crippen LogP contribution is -2.86. The Bertz CT molecular complexity index is 1500. The van der Waals surface area contributed by atoms with Gasteiger partial charge in [0.1, 0.15) is 29.5 Å². The Hall–Kier alpha value is -3.98. The normalized spacial score (nSPS) is 15.5. The Morgan fingerprint density at radius 1 is 1.26 bits per heavy atom. The second kappa shape index (κ2) is 11.4. The molecule has 0 aliphatic carbocycles. The topological polar surface area (TPSA) is 125 Å². The standard InChI is InChI=1S/C27H25ClF3N7O/c1-15-3-6-18(37-26(39)17-4-7-21(28)20(12-17)27(29,30)31)11-16(15)5-8-22(32)23-24(33)34-14-35-25(23)36-19-9-10-38(2)13-19/h3-4,6-7,11-12,14,19,32H,9-10,13H2,1-2H3,(H,37,39)(H3,33,34,35,36)/p+1/t19-/m1/s1. The van der Waals surface area contributed by atoms with Crippen LogP contribution < -0.4 is 16.4 Å². The van der Waals surface area contributed by atoms with E-state index in [2.05, 4.69) is 32.0 Å². The molecule has 1 aliphatic heterocycles. The molecule has 1 fully saturated rings. The number of nitrogen functional groups attached to an aromatic ring is 1. The van der Waals surface area contributed by atoms with Gasteiger partial charge in [-0.3, -0.25) is 15.5 Å². The van der Waals surface area contributed by atoms with Gasteiger partial charge >= 0.3 is 6.18 Å². The van der Waals surface area contributed by atoms with Crippen molar-refractivity contribution in [1.82, 2.24) is 14.9 Å². The minimum Gasteiger partial charge on any atom is -0.383 e. The van der Waals surface area contributed by atoms with Crippen LogP contribution in [0.3, 0.4) is 0 Å². The lowest BCUT2D eigenvalue weighted by atomic mass is 10.1. The highest BCUT2D eigenvalue weighted by atomic mass is 35.5. The van der Waals surface area contributed by atoms with E-state index in [-0.39, 0.29) is 23.1 Å². The van der Waals surface area contributed by atoms with Crippen molar-refractivity contribution in [3.8, 4) is 11.8 Å². The van der Waals surface area contributed by atoms with E-state index in [1.54, 1.807) is 18.2 Å². The van der Waals surface area contributed by atoms with Gasteiger partial charge in [-0.2, -0.15) is 18.2 Å². The number of halogens is 4. The monoisotopic (exact) mass is 556 g/mol. The third-order valence-electron chi connectivity index (χ3n) is 6.33. The molecule has 1 saturated heterocycles. The highest BCUT2D eigenvalue weighted by Crippen LogP contribution is 2.35. The number of benzene rings is 2. The molecule has 4 rings (SSSR count).